The van der Waals surface area contributed by atoms with Gasteiger partial charge in [0.15, 0.2) is 0 Å². The van der Waals surface area contributed by atoms with Crippen molar-refractivity contribution in [2.75, 3.05) is 0 Å². The van der Waals surface area contributed by atoms with Crippen LogP contribution < -0.4 is 0 Å². The minimum Gasteiger partial charge on any atom is -0.344 e. The summed E-state index contributed by atoms with van der Waals surface area (Å²) in [6.45, 7) is 24.1. The maximum absolute atomic E-state index is 3.49. The molecule has 29 heavy (non-hydrogen) atoms. The first-order valence-electron chi connectivity index (χ1n) is 10.4. The summed E-state index contributed by atoms with van der Waals surface area (Å²) in [5, 5.41) is 0. The van der Waals surface area contributed by atoms with Gasteiger partial charge in [0.1, 0.15) is 0 Å². The van der Waals surface area contributed by atoms with Crippen LogP contribution in [-0.2, 0) is 18.6 Å². The van der Waals surface area contributed by atoms with Gasteiger partial charge in [-0.3, -0.25) is 0 Å². The zero-order valence-corrected chi connectivity index (χ0v) is 26.2. The van der Waals surface area contributed by atoms with E-state index < -0.39 is 0 Å². The molecule has 0 aromatic heterocycles. The van der Waals surface area contributed by atoms with E-state index in [1.165, 1.54) is 28.7 Å². The minimum atomic E-state index is 0. The smallest absolute Gasteiger partial charge is 0.0624 e. The monoisotopic (exact) mass is 662 g/mol. The fourth-order valence-electron chi connectivity index (χ4n) is 1.27. The molecule has 0 aliphatic heterocycles. The van der Waals surface area contributed by atoms with E-state index in [9.17, 15) is 0 Å². The topological polar surface area (TPSA) is 0 Å². The molecule has 0 saturated heterocycles. The van der Waals surface area contributed by atoms with E-state index in [2.05, 4.69) is 135 Å². The van der Waals surface area contributed by atoms with Crippen molar-refractivity contribution in [2.24, 2.45) is 0 Å². The fraction of sp³-hybridized carbons (Fsp3) is 0.500. The number of halogens is 2. The van der Waals surface area contributed by atoms with Gasteiger partial charge in [-0.05, 0) is 34.1 Å². The summed E-state index contributed by atoms with van der Waals surface area (Å²) in [5.74, 6) is 0. The molecule has 0 spiro atoms. The van der Waals surface area contributed by atoms with E-state index in [-0.39, 0.29) is 18.6 Å². The molecule has 0 fully saturated rings. The van der Waals surface area contributed by atoms with Gasteiger partial charge < -0.3 is 6.92 Å². The SMILES string of the molecule is CC.CC.CCC(I)I.Cc1ccc(C)cc1.Cc1ccc(C)cc1.[CH2-]CC.[V]. The second-order valence-electron chi connectivity index (χ2n) is 5.61. The molecule has 0 unspecified atom stereocenters. The van der Waals surface area contributed by atoms with Crippen LogP contribution in [-0.4, -0.2) is 1.93 Å². The third-order valence-corrected chi connectivity index (χ3v) is 4.51. The average molecular weight is 662 g/mol. The number of hydrogen-bond donors (Lipinski definition) is 0. The van der Waals surface area contributed by atoms with Gasteiger partial charge in [0.05, 0.1) is 1.93 Å². The standard InChI is InChI=1S/2C8H10.C3H6I2.C3H7.2C2H6.V/c2*1-7-3-5-8(2)6-4-7;1-2-3(4)5;1-3-2;2*1-2;/h2*3-6H,1-2H3;3H,2H2,1H3;1,3H2,2H3;2*1-2H3;/q;;;-1;;;. The van der Waals surface area contributed by atoms with Crippen molar-refractivity contribution in [3.8, 4) is 0 Å². The number of benzene rings is 2. The Balaban J connectivity index is -0.0000000864. The van der Waals surface area contributed by atoms with E-state index >= 15 is 0 Å². The van der Waals surface area contributed by atoms with Gasteiger partial charge in [0.25, 0.3) is 0 Å². The zero-order chi connectivity index (χ0) is 23.0. The van der Waals surface area contributed by atoms with Crippen molar-refractivity contribution < 1.29 is 18.6 Å². The predicted molar refractivity (Wildman–Crippen MR) is 152 cm³/mol. The third-order valence-electron chi connectivity index (χ3n) is 2.75. The fourth-order valence-corrected chi connectivity index (χ4v) is 1.27. The number of hydrogen-bond acceptors (Lipinski definition) is 0. The second-order valence-corrected chi connectivity index (χ2v) is 11.0. The Morgan fingerprint density at radius 2 is 0.724 bits per heavy atom. The van der Waals surface area contributed by atoms with E-state index in [1.807, 2.05) is 34.6 Å². The molecule has 3 heteroatoms. The molecule has 0 atom stereocenters. The number of alkyl halides is 2. The Labute approximate surface area is 223 Å². The Bertz CT molecular complexity index is 406. The Morgan fingerprint density at radius 1 is 0.621 bits per heavy atom. The Hall–Kier alpha value is 0.484. The molecule has 0 nitrogen and oxygen atoms in total. The zero-order valence-electron chi connectivity index (χ0n) is 20.5. The summed E-state index contributed by atoms with van der Waals surface area (Å²) in [6.07, 6.45) is 2.28. The summed E-state index contributed by atoms with van der Waals surface area (Å²) in [6, 6.07) is 17.0. The van der Waals surface area contributed by atoms with Crippen LogP contribution in [0.4, 0.5) is 0 Å². The molecule has 0 amide bonds. The number of rotatable bonds is 1. The molecule has 2 aromatic carbocycles. The maximum atomic E-state index is 3.49. The van der Waals surface area contributed by atoms with Crippen molar-refractivity contribution in [3.05, 3.63) is 77.7 Å². The van der Waals surface area contributed by atoms with Crippen molar-refractivity contribution >= 4 is 45.2 Å². The van der Waals surface area contributed by atoms with E-state index in [0.717, 1.165) is 8.35 Å². The molecule has 0 bridgehead atoms. The molecule has 169 valence electrons. The predicted octanol–water partition coefficient (Wildman–Crippen LogP) is 10.5. The van der Waals surface area contributed by atoms with Crippen LogP contribution in [0.5, 0.6) is 0 Å². The van der Waals surface area contributed by atoms with Gasteiger partial charge >= 0.3 is 0 Å². The molecular formula is C26H45I2V-. The second kappa shape index (κ2) is 33.1. The number of aryl methyl sites for hydroxylation is 4. The van der Waals surface area contributed by atoms with Crippen LogP contribution >= 0.6 is 45.2 Å². The molecule has 2 rings (SSSR count). The van der Waals surface area contributed by atoms with Crippen LogP contribution in [0.25, 0.3) is 0 Å². The first kappa shape index (κ1) is 39.9. The van der Waals surface area contributed by atoms with Gasteiger partial charge in [0.2, 0.25) is 0 Å². The van der Waals surface area contributed by atoms with E-state index in [1.54, 1.807) is 0 Å². The summed E-state index contributed by atoms with van der Waals surface area (Å²) in [5.41, 5.74) is 5.32. The van der Waals surface area contributed by atoms with Crippen LogP contribution in [0.1, 0.15) is 76.6 Å². The van der Waals surface area contributed by atoms with Crippen LogP contribution in [0.2, 0.25) is 0 Å². The third kappa shape index (κ3) is 39.5. The van der Waals surface area contributed by atoms with Gasteiger partial charge in [-0.25, -0.2) is 0 Å². The van der Waals surface area contributed by atoms with Gasteiger partial charge in [0, 0.05) is 18.6 Å². The molecule has 0 heterocycles. The van der Waals surface area contributed by atoms with E-state index in [4.69, 9.17) is 0 Å². The van der Waals surface area contributed by atoms with E-state index in [0.29, 0.717) is 0 Å². The van der Waals surface area contributed by atoms with Crippen molar-refractivity contribution in [2.45, 2.75) is 84.0 Å². The first-order chi connectivity index (χ1) is 13.3. The molecule has 0 aliphatic rings. The van der Waals surface area contributed by atoms with Crippen LogP contribution in [0.15, 0.2) is 48.5 Å². The minimum absolute atomic E-state index is 0. The largest absolute Gasteiger partial charge is 0.344 e. The Morgan fingerprint density at radius 3 is 0.793 bits per heavy atom. The Kier molecular flexibility index (Phi) is 45.6. The average Bonchev–Trinajstić information content (AvgIpc) is 2.71. The summed E-state index contributed by atoms with van der Waals surface area (Å²) in [7, 11) is 0. The maximum Gasteiger partial charge on any atom is 0.0624 e. The van der Waals surface area contributed by atoms with Crippen LogP contribution in [0, 0.1) is 34.6 Å². The van der Waals surface area contributed by atoms with Crippen molar-refractivity contribution in [1.29, 1.82) is 0 Å². The van der Waals surface area contributed by atoms with Gasteiger partial charge in [-0.2, -0.15) is 6.42 Å². The summed E-state index contributed by atoms with van der Waals surface area (Å²) < 4.78 is 0.824. The van der Waals surface area contributed by atoms with Gasteiger partial charge in [-0.15, -0.1) is 0 Å². The van der Waals surface area contributed by atoms with Gasteiger partial charge in [-0.1, -0.05) is 158 Å². The molecule has 1 radical (unpaired) electrons. The molecular weight excluding hydrogens is 617 g/mol. The summed E-state index contributed by atoms with van der Waals surface area (Å²) in [4.78, 5) is 0. The first-order valence-corrected chi connectivity index (χ1v) is 12.9. The van der Waals surface area contributed by atoms with Crippen LogP contribution in [0.3, 0.4) is 0 Å². The van der Waals surface area contributed by atoms with Crippen molar-refractivity contribution in [3.63, 3.8) is 0 Å². The molecule has 0 aliphatic carbocycles. The molecule has 0 N–H and O–H groups in total. The summed E-state index contributed by atoms with van der Waals surface area (Å²) >= 11 is 4.79. The molecule has 2 aromatic rings. The molecule has 0 saturated carbocycles. The quantitative estimate of drug-likeness (QED) is 0.162. The van der Waals surface area contributed by atoms with Crippen molar-refractivity contribution in [1.82, 2.24) is 0 Å². The normalized spacial score (nSPS) is 7.79.